The summed E-state index contributed by atoms with van der Waals surface area (Å²) in [5.74, 6) is 2.48. The molecule has 4 rings (SSSR count). The minimum absolute atomic E-state index is 0.457. The summed E-state index contributed by atoms with van der Waals surface area (Å²) in [5, 5.41) is 8.27. The molecule has 136 valence electrons. The number of hydrogen-bond donors (Lipinski definition) is 0. The van der Waals surface area contributed by atoms with E-state index in [1.165, 1.54) is 30.4 Å². The molecule has 0 saturated carbocycles. The average Bonchev–Trinajstić information content (AvgIpc) is 3.33. The number of hydrogen-bond acceptors (Lipinski definition) is 5. The van der Waals surface area contributed by atoms with E-state index in [1.54, 1.807) is 6.26 Å². The lowest BCUT2D eigenvalue weighted by molar-refractivity contribution is 0.150. The van der Waals surface area contributed by atoms with E-state index in [1.807, 2.05) is 12.1 Å². The van der Waals surface area contributed by atoms with Crippen molar-refractivity contribution in [2.45, 2.75) is 39.2 Å². The normalized spacial score (nSPS) is 18.3. The molecule has 1 aliphatic heterocycles. The monoisotopic (exact) mass is 351 g/mol. The molecule has 0 unspecified atom stereocenters. The van der Waals surface area contributed by atoms with Crippen LogP contribution in [0.2, 0.25) is 0 Å². The molecule has 5 nitrogen and oxygen atoms in total. The molecule has 1 atom stereocenters. The van der Waals surface area contributed by atoms with Crippen LogP contribution in [0.5, 0.6) is 0 Å². The largest absolute Gasteiger partial charge is 0.459 e. The molecule has 2 aromatic heterocycles. The van der Waals surface area contributed by atoms with E-state index in [9.17, 15) is 0 Å². The van der Waals surface area contributed by atoms with Crippen LogP contribution < -0.4 is 0 Å². The van der Waals surface area contributed by atoms with Crippen LogP contribution in [0, 0.1) is 12.8 Å². The number of rotatable bonds is 6. The summed E-state index contributed by atoms with van der Waals surface area (Å²) in [4.78, 5) is 2.44. The Morgan fingerprint density at radius 3 is 2.92 bits per heavy atom. The summed E-state index contributed by atoms with van der Waals surface area (Å²) in [6.45, 7) is 5.12. The molecule has 0 bridgehead atoms. The Morgan fingerprint density at radius 1 is 1.15 bits per heavy atom. The Hall–Kier alpha value is -2.40. The molecular weight excluding hydrogens is 326 g/mol. The predicted molar refractivity (Wildman–Crippen MR) is 99.5 cm³/mol. The number of aromatic nitrogens is 2. The summed E-state index contributed by atoms with van der Waals surface area (Å²) in [7, 11) is 0. The maximum Gasteiger partial charge on any atom is 0.283 e. The van der Waals surface area contributed by atoms with Gasteiger partial charge in [-0.15, -0.1) is 10.2 Å². The molecule has 0 N–H and O–H groups in total. The van der Waals surface area contributed by atoms with Crippen LogP contribution in [-0.2, 0) is 13.0 Å². The highest BCUT2D eigenvalue weighted by molar-refractivity contribution is 5.42. The van der Waals surface area contributed by atoms with Crippen LogP contribution in [0.3, 0.4) is 0 Å². The fraction of sp³-hybridized carbons (Fsp3) is 0.429. The van der Waals surface area contributed by atoms with Gasteiger partial charge in [-0.05, 0) is 68.3 Å². The van der Waals surface area contributed by atoms with Gasteiger partial charge in [0.1, 0.15) is 0 Å². The highest BCUT2D eigenvalue weighted by Gasteiger charge is 2.22. The van der Waals surface area contributed by atoms with E-state index in [2.05, 4.69) is 46.3 Å². The highest BCUT2D eigenvalue weighted by atomic mass is 16.4. The third-order valence-electron chi connectivity index (χ3n) is 5.24. The van der Waals surface area contributed by atoms with Gasteiger partial charge in [-0.25, -0.2) is 0 Å². The Balaban J connectivity index is 1.32. The maximum absolute atomic E-state index is 5.75. The number of aryl methyl sites for hydroxylation is 2. The third kappa shape index (κ3) is 4.05. The summed E-state index contributed by atoms with van der Waals surface area (Å²) in [6.07, 6.45) is 6.56. The molecule has 3 aromatic rings. The van der Waals surface area contributed by atoms with E-state index in [0.717, 1.165) is 25.4 Å². The zero-order valence-corrected chi connectivity index (χ0v) is 15.2. The first-order valence-corrected chi connectivity index (χ1v) is 9.41. The quantitative estimate of drug-likeness (QED) is 0.655. The van der Waals surface area contributed by atoms with Gasteiger partial charge in [0.05, 0.1) is 12.8 Å². The molecule has 0 radical (unpaired) electrons. The third-order valence-corrected chi connectivity index (χ3v) is 5.24. The van der Waals surface area contributed by atoms with Crippen LogP contribution in [0.4, 0.5) is 0 Å². The van der Waals surface area contributed by atoms with E-state index < -0.39 is 0 Å². The van der Waals surface area contributed by atoms with Gasteiger partial charge in [-0.2, -0.15) is 0 Å². The average molecular weight is 351 g/mol. The Bertz CT molecular complexity index is 825. The minimum Gasteiger partial charge on any atom is -0.459 e. The van der Waals surface area contributed by atoms with E-state index in [4.69, 9.17) is 8.83 Å². The Morgan fingerprint density at radius 2 is 2.08 bits per heavy atom. The van der Waals surface area contributed by atoms with Gasteiger partial charge >= 0.3 is 0 Å². The standard InChI is InChI=1S/C21H25N3O2/c1-16-6-2-3-8-18(16)11-10-17-7-4-12-24(14-17)15-20-22-23-21(26-20)19-9-5-13-25-19/h2-3,5-6,8-9,13,17H,4,7,10-12,14-15H2,1H3/t17-/m0/s1. The highest BCUT2D eigenvalue weighted by Crippen LogP contribution is 2.24. The van der Waals surface area contributed by atoms with Crippen molar-refractivity contribution in [2.75, 3.05) is 13.1 Å². The van der Waals surface area contributed by atoms with E-state index in [-0.39, 0.29) is 0 Å². The van der Waals surface area contributed by atoms with Crippen LogP contribution in [0.25, 0.3) is 11.7 Å². The number of benzene rings is 1. The molecule has 1 saturated heterocycles. The lowest BCUT2D eigenvalue weighted by Gasteiger charge is -2.31. The van der Waals surface area contributed by atoms with Gasteiger partial charge < -0.3 is 8.83 Å². The second-order valence-electron chi connectivity index (χ2n) is 7.19. The SMILES string of the molecule is Cc1ccccc1CC[C@@H]1CCCN(Cc2nnc(-c3ccco3)o2)C1. The minimum atomic E-state index is 0.457. The molecule has 1 aromatic carbocycles. The maximum atomic E-state index is 5.75. The zero-order chi connectivity index (χ0) is 17.8. The first kappa shape index (κ1) is 17.0. The van der Waals surface area contributed by atoms with Crippen molar-refractivity contribution >= 4 is 0 Å². The summed E-state index contributed by atoms with van der Waals surface area (Å²) < 4.78 is 11.1. The lowest BCUT2D eigenvalue weighted by Crippen LogP contribution is -2.35. The van der Waals surface area contributed by atoms with Crippen LogP contribution in [0.1, 0.15) is 36.3 Å². The predicted octanol–water partition coefficient (Wildman–Crippen LogP) is 4.48. The first-order chi connectivity index (χ1) is 12.8. The topological polar surface area (TPSA) is 55.3 Å². The van der Waals surface area contributed by atoms with Crippen molar-refractivity contribution in [2.24, 2.45) is 5.92 Å². The molecular formula is C21H25N3O2. The summed E-state index contributed by atoms with van der Waals surface area (Å²) in [5.41, 5.74) is 2.88. The van der Waals surface area contributed by atoms with Crippen molar-refractivity contribution < 1.29 is 8.83 Å². The van der Waals surface area contributed by atoms with Crippen LogP contribution in [-0.4, -0.2) is 28.2 Å². The van der Waals surface area contributed by atoms with Crippen LogP contribution in [0.15, 0.2) is 51.5 Å². The number of furan rings is 1. The fourth-order valence-electron chi connectivity index (χ4n) is 3.79. The number of likely N-dealkylation sites (tertiary alicyclic amines) is 1. The number of piperidine rings is 1. The fourth-order valence-corrected chi connectivity index (χ4v) is 3.79. The molecule has 1 aliphatic rings. The van der Waals surface area contributed by atoms with Gasteiger partial charge in [0.15, 0.2) is 5.76 Å². The molecule has 5 heteroatoms. The molecule has 3 heterocycles. The molecule has 1 fully saturated rings. The van der Waals surface area contributed by atoms with Crippen molar-refractivity contribution in [3.05, 3.63) is 59.7 Å². The smallest absolute Gasteiger partial charge is 0.283 e. The van der Waals surface area contributed by atoms with Gasteiger partial charge in [0, 0.05) is 6.54 Å². The van der Waals surface area contributed by atoms with E-state index >= 15 is 0 Å². The zero-order valence-electron chi connectivity index (χ0n) is 15.2. The summed E-state index contributed by atoms with van der Waals surface area (Å²) >= 11 is 0. The summed E-state index contributed by atoms with van der Waals surface area (Å²) in [6, 6.07) is 12.4. The Labute approximate surface area is 154 Å². The van der Waals surface area contributed by atoms with Gasteiger partial charge in [-0.1, -0.05) is 24.3 Å². The first-order valence-electron chi connectivity index (χ1n) is 9.41. The van der Waals surface area contributed by atoms with Gasteiger partial charge in [0.25, 0.3) is 5.89 Å². The Kier molecular flexibility index (Phi) is 5.16. The molecule has 26 heavy (non-hydrogen) atoms. The van der Waals surface area contributed by atoms with Crippen LogP contribution >= 0.6 is 0 Å². The lowest BCUT2D eigenvalue weighted by atomic mass is 9.90. The molecule has 0 spiro atoms. The van der Waals surface area contributed by atoms with Crippen molar-refractivity contribution in [1.29, 1.82) is 0 Å². The molecule has 0 amide bonds. The molecule has 0 aliphatic carbocycles. The second-order valence-corrected chi connectivity index (χ2v) is 7.19. The van der Waals surface area contributed by atoms with Gasteiger partial charge in [-0.3, -0.25) is 4.90 Å². The van der Waals surface area contributed by atoms with E-state index in [0.29, 0.717) is 24.1 Å². The van der Waals surface area contributed by atoms with Crippen molar-refractivity contribution in [1.82, 2.24) is 15.1 Å². The van der Waals surface area contributed by atoms with Crippen molar-refractivity contribution in [3.63, 3.8) is 0 Å². The van der Waals surface area contributed by atoms with Gasteiger partial charge in [0.2, 0.25) is 5.89 Å². The second kappa shape index (κ2) is 7.87. The van der Waals surface area contributed by atoms with Crippen molar-refractivity contribution in [3.8, 4) is 11.7 Å². The number of nitrogens with zero attached hydrogens (tertiary/aromatic N) is 3.